The summed E-state index contributed by atoms with van der Waals surface area (Å²) in [5.74, 6) is -0.822. The largest absolute Gasteiger partial charge is 0.348 e. The third-order valence-electron chi connectivity index (χ3n) is 5.75. The number of aromatic nitrogens is 1. The highest BCUT2D eigenvalue weighted by molar-refractivity contribution is 7.92. The molecular weight excluding hydrogens is 488 g/mol. The van der Waals surface area contributed by atoms with Gasteiger partial charge in [0.15, 0.2) is 0 Å². The summed E-state index contributed by atoms with van der Waals surface area (Å²) < 4.78 is 28.3. The van der Waals surface area contributed by atoms with E-state index in [0.29, 0.717) is 16.8 Å². The molecule has 1 aromatic heterocycles. The van der Waals surface area contributed by atoms with Gasteiger partial charge >= 0.3 is 0 Å². The molecule has 1 heterocycles. The molecule has 2 amide bonds. The lowest BCUT2D eigenvalue weighted by molar-refractivity contribution is 0.0951. The summed E-state index contributed by atoms with van der Waals surface area (Å²) in [6, 6.07) is 21.6. The van der Waals surface area contributed by atoms with E-state index in [1.807, 2.05) is 13.0 Å². The molecule has 0 saturated carbocycles. The average molecular weight is 515 g/mol. The maximum absolute atomic E-state index is 13.2. The number of hydrogen-bond acceptors (Lipinski definition) is 5. The van der Waals surface area contributed by atoms with E-state index < -0.39 is 15.9 Å². The van der Waals surface area contributed by atoms with Crippen LogP contribution in [-0.4, -0.2) is 25.2 Å². The van der Waals surface area contributed by atoms with Gasteiger partial charge < -0.3 is 10.6 Å². The van der Waals surface area contributed by atoms with Gasteiger partial charge in [0.1, 0.15) is 0 Å². The van der Waals surface area contributed by atoms with Crippen molar-refractivity contribution in [1.82, 2.24) is 10.3 Å². The van der Waals surface area contributed by atoms with Gasteiger partial charge in [-0.15, -0.1) is 0 Å². The number of sulfonamides is 1. The summed E-state index contributed by atoms with van der Waals surface area (Å²) in [6.45, 7) is 3.82. The van der Waals surface area contributed by atoms with Crippen LogP contribution in [0.3, 0.4) is 0 Å². The second-order valence-electron chi connectivity index (χ2n) is 8.44. The Morgan fingerprint density at radius 1 is 0.784 bits per heavy atom. The summed E-state index contributed by atoms with van der Waals surface area (Å²) in [4.78, 5) is 30.2. The number of benzene rings is 3. The Kier molecular flexibility index (Phi) is 7.64. The van der Waals surface area contributed by atoms with E-state index in [0.717, 1.165) is 11.1 Å². The maximum atomic E-state index is 13.2. The van der Waals surface area contributed by atoms with Crippen LogP contribution in [0.2, 0.25) is 0 Å². The van der Waals surface area contributed by atoms with E-state index in [1.165, 1.54) is 12.1 Å². The molecule has 8 nitrogen and oxygen atoms in total. The topological polar surface area (TPSA) is 117 Å². The SMILES string of the molecule is Cc1ccc(S(=O)(=O)Nc2cccc(C(=O)Nc3ccccc3C(=O)NCc3cccnc3)c2C)cc1. The van der Waals surface area contributed by atoms with Crippen LogP contribution in [0.1, 0.15) is 37.4 Å². The Bertz CT molecular complexity index is 1540. The van der Waals surface area contributed by atoms with Crippen LogP contribution in [0.25, 0.3) is 0 Å². The molecule has 0 fully saturated rings. The average Bonchev–Trinajstić information content (AvgIpc) is 2.89. The van der Waals surface area contributed by atoms with Crippen LogP contribution in [0, 0.1) is 13.8 Å². The summed E-state index contributed by atoms with van der Waals surface area (Å²) in [5.41, 5.74) is 3.44. The van der Waals surface area contributed by atoms with Crippen molar-refractivity contribution < 1.29 is 18.0 Å². The lowest BCUT2D eigenvalue weighted by Crippen LogP contribution is -2.25. The van der Waals surface area contributed by atoms with Gasteiger partial charge in [-0.2, -0.15) is 0 Å². The first-order valence-electron chi connectivity index (χ1n) is 11.5. The Labute approximate surface area is 215 Å². The van der Waals surface area contributed by atoms with Crippen molar-refractivity contribution in [1.29, 1.82) is 0 Å². The number of anilines is 2. The van der Waals surface area contributed by atoms with Crippen LogP contribution in [-0.2, 0) is 16.6 Å². The Hall–Kier alpha value is -4.50. The minimum atomic E-state index is -3.84. The lowest BCUT2D eigenvalue weighted by atomic mass is 10.1. The number of rotatable bonds is 8. The lowest BCUT2D eigenvalue weighted by Gasteiger charge is -2.15. The summed E-state index contributed by atoms with van der Waals surface area (Å²) in [7, 11) is -3.84. The predicted molar refractivity (Wildman–Crippen MR) is 143 cm³/mol. The summed E-state index contributed by atoms with van der Waals surface area (Å²) in [6.07, 6.45) is 3.32. The molecule has 0 spiro atoms. The molecule has 0 atom stereocenters. The van der Waals surface area contributed by atoms with E-state index in [9.17, 15) is 18.0 Å². The van der Waals surface area contributed by atoms with Crippen molar-refractivity contribution in [2.75, 3.05) is 10.0 Å². The number of hydrogen-bond donors (Lipinski definition) is 3. The maximum Gasteiger partial charge on any atom is 0.261 e. The van der Waals surface area contributed by atoms with Crippen LogP contribution < -0.4 is 15.4 Å². The van der Waals surface area contributed by atoms with Crippen LogP contribution >= 0.6 is 0 Å². The van der Waals surface area contributed by atoms with Crippen molar-refractivity contribution in [3.05, 3.63) is 119 Å². The molecule has 9 heteroatoms. The number of aryl methyl sites for hydroxylation is 1. The van der Waals surface area contributed by atoms with Gasteiger partial charge in [-0.25, -0.2) is 8.42 Å². The van der Waals surface area contributed by atoms with Gasteiger partial charge in [-0.3, -0.25) is 19.3 Å². The first-order valence-corrected chi connectivity index (χ1v) is 13.0. The van der Waals surface area contributed by atoms with E-state index in [2.05, 4.69) is 20.3 Å². The highest BCUT2D eigenvalue weighted by Gasteiger charge is 2.19. The molecular formula is C28H26N4O4S. The molecule has 188 valence electrons. The predicted octanol–water partition coefficient (Wildman–Crippen LogP) is 4.68. The number of carbonyl (C=O) groups excluding carboxylic acids is 2. The van der Waals surface area contributed by atoms with Crippen molar-refractivity contribution in [3.63, 3.8) is 0 Å². The zero-order valence-corrected chi connectivity index (χ0v) is 21.2. The van der Waals surface area contributed by atoms with Gasteiger partial charge in [0.05, 0.1) is 21.8 Å². The zero-order chi connectivity index (χ0) is 26.4. The molecule has 3 N–H and O–H groups in total. The fourth-order valence-electron chi connectivity index (χ4n) is 3.67. The fraction of sp³-hybridized carbons (Fsp3) is 0.107. The second kappa shape index (κ2) is 11.0. The molecule has 0 radical (unpaired) electrons. The van der Waals surface area contributed by atoms with Gasteiger partial charge in [0.25, 0.3) is 21.8 Å². The highest BCUT2D eigenvalue weighted by Crippen LogP contribution is 2.24. The number of nitrogens with zero attached hydrogens (tertiary/aromatic N) is 1. The normalized spacial score (nSPS) is 11.0. The number of pyridine rings is 1. The van der Waals surface area contributed by atoms with Crippen molar-refractivity contribution in [2.45, 2.75) is 25.3 Å². The number of amides is 2. The quantitative estimate of drug-likeness (QED) is 0.316. The summed E-state index contributed by atoms with van der Waals surface area (Å²) >= 11 is 0. The standard InChI is InChI=1S/C28H26N4O4S/c1-19-12-14-22(15-13-19)37(35,36)32-25-11-5-9-23(20(25)2)28(34)31-26-10-4-3-8-24(26)27(33)30-18-21-7-6-16-29-17-21/h3-17,32H,18H2,1-2H3,(H,30,33)(H,31,34). The van der Waals surface area contributed by atoms with E-state index in [-0.39, 0.29) is 28.6 Å². The Morgan fingerprint density at radius 2 is 1.49 bits per heavy atom. The van der Waals surface area contributed by atoms with Crippen LogP contribution in [0.5, 0.6) is 0 Å². The molecule has 0 aliphatic rings. The van der Waals surface area contributed by atoms with E-state index >= 15 is 0 Å². The molecule has 0 aliphatic carbocycles. The molecule has 0 bridgehead atoms. The first-order chi connectivity index (χ1) is 17.7. The molecule has 0 unspecified atom stereocenters. The highest BCUT2D eigenvalue weighted by atomic mass is 32.2. The molecule has 0 aliphatic heterocycles. The second-order valence-corrected chi connectivity index (χ2v) is 10.1. The van der Waals surface area contributed by atoms with Crippen molar-refractivity contribution >= 4 is 33.2 Å². The zero-order valence-electron chi connectivity index (χ0n) is 20.4. The monoisotopic (exact) mass is 514 g/mol. The van der Waals surface area contributed by atoms with E-state index in [4.69, 9.17) is 0 Å². The molecule has 37 heavy (non-hydrogen) atoms. The minimum Gasteiger partial charge on any atom is -0.348 e. The third kappa shape index (κ3) is 6.20. The summed E-state index contributed by atoms with van der Waals surface area (Å²) in [5, 5.41) is 5.61. The Morgan fingerprint density at radius 3 is 2.22 bits per heavy atom. The fourth-order valence-corrected chi connectivity index (χ4v) is 4.80. The number of nitrogens with one attached hydrogen (secondary N) is 3. The molecule has 4 rings (SSSR count). The molecule has 4 aromatic rings. The van der Waals surface area contributed by atoms with Gasteiger partial charge in [0.2, 0.25) is 0 Å². The Balaban J connectivity index is 1.52. The van der Waals surface area contributed by atoms with E-state index in [1.54, 1.807) is 80.0 Å². The molecule has 0 saturated heterocycles. The van der Waals surface area contributed by atoms with Gasteiger partial charge in [-0.1, -0.05) is 42.0 Å². The van der Waals surface area contributed by atoms with Crippen molar-refractivity contribution in [2.24, 2.45) is 0 Å². The van der Waals surface area contributed by atoms with Gasteiger partial charge in [0, 0.05) is 24.5 Å². The number of carbonyl (C=O) groups is 2. The van der Waals surface area contributed by atoms with Gasteiger partial charge in [-0.05, 0) is 67.4 Å². The number of para-hydroxylation sites is 1. The first kappa shape index (κ1) is 25.6. The molecule has 3 aromatic carbocycles. The van der Waals surface area contributed by atoms with Crippen molar-refractivity contribution in [3.8, 4) is 0 Å². The van der Waals surface area contributed by atoms with Crippen LogP contribution in [0.15, 0.2) is 96.2 Å². The smallest absolute Gasteiger partial charge is 0.261 e. The third-order valence-corrected chi connectivity index (χ3v) is 7.13. The van der Waals surface area contributed by atoms with Crippen LogP contribution in [0.4, 0.5) is 11.4 Å². The minimum absolute atomic E-state index is 0.124.